The van der Waals surface area contributed by atoms with Crippen LogP contribution in [-0.2, 0) is 14.8 Å². The number of hydrogen-bond donors (Lipinski definition) is 0. The standard InChI is InChI=1S/C12H16BrNO3S2/c1-8(15)10-4-3-5-14(7-10)19(16,17)11-6-12(13)18-9(11)2/h6,10H,3-5,7H2,1-2H3. The SMILES string of the molecule is CC(=O)C1CCCN(S(=O)(=O)c2cc(Br)sc2C)C1. The minimum atomic E-state index is -3.48. The molecule has 0 aliphatic carbocycles. The lowest BCUT2D eigenvalue weighted by Gasteiger charge is -2.30. The van der Waals surface area contributed by atoms with Crippen molar-refractivity contribution in [2.24, 2.45) is 5.92 Å². The molecule has 0 spiro atoms. The number of carbonyl (C=O) groups excluding carboxylic acids is 1. The van der Waals surface area contributed by atoms with E-state index in [0.29, 0.717) is 18.0 Å². The highest BCUT2D eigenvalue weighted by atomic mass is 79.9. The Labute approximate surface area is 126 Å². The second-order valence-electron chi connectivity index (χ2n) is 4.78. The second-order valence-corrected chi connectivity index (χ2v) is 9.33. The van der Waals surface area contributed by atoms with Crippen molar-refractivity contribution in [3.8, 4) is 0 Å². The third-order valence-electron chi connectivity index (χ3n) is 3.42. The summed E-state index contributed by atoms with van der Waals surface area (Å²) < 4.78 is 27.4. The maximum atomic E-state index is 12.6. The number of aryl methyl sites for hydroxylation is 1. The molecule has 0 bridgehead atoms. The Kier molecular flexibility index (Phi) is 4.49. The fraction of sp³-hybridized carbons (Fsp3) is 0.583. The maximum absolute atomic E-state index is 12.6. The van der Waals surface area contributed by atoms with Crippen LogP contribution in [0.25, 0.3) is 0 Å². The quantitative estimate of drug-likeness (QED) is 0.827. The van der Waals surface area contributed by atoms with E-state index >= 15 is 0 Å². The Balaban J connectivity index is 2.29. The Morgan fingerprint density at radius 3 is 2.74 bits per heavy atom. The number of ketones is 1. The zero-order chi connectivity index (χ0) is 14.2. The zero-order valence-electron chi connectivity index (χ0n) is 10.8. The molecule has 1 atom stereocenters. The maximum Gasteiger partial charge on any atom is 0.244 e. The van der Waals surface area contributed by atoms with Crippen molar-refractivity contribution in [2.45, 2.75) is 31.6 Å². The summed E-state index contributed by atoms with van der Waals surface area (Å²) in [5, 5.41) is 0. The molecule has 0 N–H and O–H groups in total. The summed E-state index contributed by atoms with van der Waals surface area (Å²) in [6, 6.07) is 1.65. The number of nitrogens with zero attached hydrogens (tertiary/aromatic N) is 1. The lowest BCUT2D eigenvalue weighted by molar-refractivity contribution is -0.121. The minimum Gasteiger partial charge on any atom is -0.300 e. The smallest absolute Gasteiger partial charge is 0.244 e. The van der Waals surface area contributed by atoms with Crippen LogP contribution in [0.2, 0.25) is 0 Å². The average molecular weight is 366 g/mol. The Hall–Kier alpha value is -0.240. The van der Waals surface area contributed by atoms with Crippen LogP contribution in [0, 0.1) is 12.8 Å². The van der Waals surface area contributed by atoms with E-state index in [1.807, 2.05) is 0 Å². The van der Waals surface area contributed by atoms with Gasteiger partial charge in [-0.3, -0.25) is 4.79 Å². The molecule has 1 aromatic heterocycles. The highest BCUT2D eigenvalue weighted by Gasteiger charge is 2.33. The number of hydrogen-bond acceptors (Lipinski definition) is 4. The monoisotopic (exact) mass is 365 g/mol. The van der Waals surface area contributed by atoms with Crippen molar-refractivity contribution in [3.63, 3.8) is 0 Å². The molecule has 2 rings (SSSR count). The van der Waals surface area contributed by atoms with Crippen molar-refractivity contribution in [1.82, 2.24) is 4.31 Å². The number of halogens is 1. The minimum absolute atomic E-state index is 0.0723. The molecule has 19 heavy (non-hydrogen) atoms. The van der Waals surface area contributed by atoms with Gasteiger partial charge in [-0.25, -0.2) is 8.42 Å². The number of carbonyl (C=O) groups is 1. The van der Waals surface area contributed by atoms with E-state index in [1.54, 1.807) is 13.0 Å². The van der Waals surface area contributed by atoms with Crippen LogP contribution in [0.15, 0.2) is 14.7 Å². The number of Topliss-reactive ketones (excluding diaryl/α,β-unsaturated/α-hetero) is 1. The predicted molar refractivity (Wildman–Crippen MR) is 78.9 cm³/mol. The highest BCUT2D eigenvalue weighted by Crippen LogP contribution is 2.33. The molecule has 0 radical (unpaired) electrons. The summed E-state index contributed by atoms with van der Waals surface area (Å²) in [6.45, 7) is 4.14. The summed E-state index contributed by atoms with van der Waals surface area (Å²) in [7, 11) is -3.48. The molecule has 1 aliphatic rings. The van der Waals surface area contributed by atoms with Gasteiger partial charge in [-0.1, -0.05) is 0 Å². The van der Waals surface area contributed by atoms with Gasteiger partial charge >= 0.3 is 0 Å². The Bertz CT molecular complexity index is 594. The van der Waals surface area contributed by atoms with Gasteiger partial charge in [0.05, 0.1) is 8.68 Å². The van der Waals surface area contributed by atoms with E-state index in [4.69, 9.17) is 0 Å². The van der Waals surface area contributed by atoms with Gasteiger partial charge in [-0.05, 0) is 48.7 Å². The van der Waals surface area contributed by atoms with E-state index in [1.165, 1.54) is 22.6 Å². The molecule has 106 valence electrons. The van der Waals surface area contributed by atoms with Crippen LogP contribution in [-0.4, -0.2) is 31.6 Å². The van der Waals surface area contributed by atoms with Crippen molar-refractivity contribution >= 4 is 43.1 Å². The number of piperidine rings is 1. The molecule has 1 aromatic rings. The molecule has 7 heteroatoms. The summed E-state index contributed by atoms with van der Waals surface area (Å²) in [5.74, 6) is -0.0889. The van der Waals surface area contributed by atoms with Crippen molar-refractivity contribution in [3.05, 3.63) is 14.7 Å². The number of thiophene rings is 1. The van der Waals surface area contributed by atoms with Crippen molar-refractivity contribution in [1.29, 1.82) is 0 Å². The van der Waals surface area contributed by atoms with Crippen LogP contribution in [0.5, 0.6) is 0 Å². The highest BCUT2D eigenvalue weighted by molar-refractivity contribution is 9.11. The first-order chi connectivity index (χ1) is 8.82. The van der Waals surface area contributed by atoms with Gasteiger partial charge in [0.15, 0.2) is 0 Å². The van der Waals surface area contributed by atoms with E-state index < -0.39 is 10.0 Å². The van der Waals surface area contributed by atoms with Gasteiger partial charge in [0, 0.05) is 23.9 Å². The third kappa shape index (κ3) is 3.09. The van der Waals surface area contributed by atoms with E-state index in [-0.39, 0.29) is 11.7 Å². The van der Waals surface area contributed by atoms with Gasteiger partial charge in [-0.15, -0.1) is 11.3 Å². The molecular weight excluding hydrogens is 350 g/mol. The van der Waals surface area contributed by atoms with Gasteiger partial charge < -0.3 is 0 Å². The van der Waals surface area contributed by atoms with Crippen LogP contribution >= 0.6 is 27.3 Å². The van der Waals surface area contributed by atoms with Crippen LogP contribution in [0.3, 0.4) is 0 Å². The summed E-state index contributed by atoms with van der Waals surface area (Å²) in [4.78, 5) is 12.6. The van der Waals surface area contributed by atoms with Crippen LogP contribution < -0.4 is 0 Å². The lowest BCUT2D eigenvalue weighted by atomic mass is 9.96. The number of sulfonamides is 1. The summed E-state index contributed by atoms with van der Waals surface area (Å²) in [6.07, 6.45) is 1.53. The van der Waals surface area contributed by atoms with Gasteiger partial charge in [0.2, 0.25) is 10.0 Å². The molecule has 1 saturated heterocycles. The molecule has 0 amide bonds. The average Bonchev–Trinajstić information content (AvgIpc) is 2.69. The Morgan fingerprint density at radius 1 is 1.53 bits per heavy atom. The molecule has 1 aliphatic heterocycles. The second kappa shape index (κ2) is 5.63. The van der Waals surface area contributed by atoms with Crippen molar-refractivity contribution < 1.29 is 13.2 Å². The molecule has 0 aromatic carbocycles. The van der Waals surface area contributed by atoms with Gasteiger partial charge in [0.1, 0.15) is 5.78 Å². The molecule has 4 nitrogen and oxygen atoms in total. The lowest BCUT2D eigenvalue weighted by Crippen LogP contribution is -2.41. The fourth-order valence-electron chi connectivity index (χ4n) is 2.32. The first-order valence-electron chi connectivity index (χ1n) is 6.09. The van der Waals surface area contributed by atoms with Gasteiger partial charge in [0.25, 0.3) is 0 Å². The number of rotatable bonds is 3. The van der Waals surface area contributed by atoms with E-state index in [0.717, 1.165) is 21.5 Å². The van der Waals surface area contributed by atoms with Crippen molar-refractivity contribution in [2.75, 3.05) is 13.1 Å². The molecule has 2 heterocycles. The molecule has 0 saturated carbocycles. The van der Waals surface area contributed by atoms with Gasteiger partial charge in [-0.2, -0.15) is 4.31 Å². The normalized spacial score (nSPS) is 21.5. The molecule has 1 fully saturated rings. The summed E-state index contributed by atoms with van der Waals surface area (Å²) in [5.41, 5.74) is 0. The predicted octanol–water partition coefficient (Wildman–Crippen LogP) is 2.81. The van der Waals surface area contributed by atoms with Crippen LogP contribution in [0.4, 0.5) is 0 Å². The zero-order valence-corrected chi connectivity index (χ0v) is 14.1. The fourth-order valence-corrected chi connectivity index (χ4v) is 6.23. The first kappa shape index (κ1) is 15.2. The Morgan fingerprint density at radius 2 is 2.21 bits per heavy atom. The van der Waals surface area contributed by atoms with E-state index in [2.05, 4.69) is 15.9 Å². The molecular formula is C12H16BrNO3S2. The van der Waals surface area contributed by atoms with Crippen LogP contribution in [0.1, 0.15) is 24.6 Å². The van der Waals surface area contributed by atoms with E-state index in [9.17, 15) is 13.2 Å². The topological polar surface area (TPSA) is 54.5 Å². The molecule has 1 unspecified atom stereocenters. The largest absolute Gasteiger partial charge is 0.300 e. The third-order valence-corrected chi connectivity index (χ3v) is 7.09. The summed E-state index contributed by atoms with van der Waals surface area (Å²) >= 11 is 4.73. The first-order valence-corrected chi connectivity index (χ1v) is 9.14.